The van der Waals surface area contributed by atoms with Crippen LogP contribution in [-0.2, 0) is 11.2 Å². The van der Waals surface area contributed by atoms with Gasteiger partial charge in [-0.15, -0.1) is 0 Å². The van der Waals surface area contributed by atoms with E-state index in [2.05, 4.69) is 35.0 Å². The second-order valence-electron chi connectivity index (χ2n) is 6.95. The zero-order valence-corrected chi connectivity index (χ0v) is 19.0. The van der Waals surface area contributed by atoms with Gasteiger partial charge in [-0.3, -0.25) is 14.5 Å². The van der Waals surface area contributed by atoms with Crippen molar-refractivity contribution in [2.24, 2.45) is 0 Å². The van der Waals surface area contributed by atoms with E-state index in [9.17, 15) is 9.59 Å². The highest BCUT2D eigenvalue weighted by Crippen LogP contribution is 2.34. The summed E-state index contributed by atoms with van der Waals surface area (Å²) in [6, 6.07) is 15.8. The van der Waals surface area contributed by atoms with Gasteiger partial charge < -0.3 is 4.74 Å². The summed E-state index contributed by atoms with van der Waals surface area (Å²) in [5.74, 6) is 0.551. The molecule has 1 atom stereocenters. The Bertz CT molecular complexity index is 914. The summed E-state index contributed by atoms with van der Waals surface area (Å²) < 4.78 is 6.68. The smallest absolute Gasteiger partial charge is 0.293 e. The molecule has 2 aromatic rings. The lowest BCUT2D eigenvalue weighted by Gasteiger charge is -2.14. The molecule has 2 aromatic carbocycles. The Morgan fingerprint density at radius 2 is 1.93 bits per heavy atom. The summed E-state index contributed by atoms with van der Waals surface area (Å²) >= 11 is 4.53. The number of carbonyl (C=O) groups excluding carboxylic acids is 2. The molecule has 0 aromatic heterocycles. The van der Waals surface area contributed by atoms with Crippen LogP contribution in [0.5, 0.6) is 5.75 Å². The number of nitrogens with zero attached hydrogens (tertiary/aromatic N) is 1. The van der Waals surface area contributed by atoms with Crippen LogP contribution in [0.2, 0.25) is 0 Å². The van der Waals surface area contributed by atoms with Crippen LogP contribution in [0.3, 0.4) is 0 Å². The van der Waals surface area contributed by atoms with Gasteiger partial charge >= 0.3 is 0 Å². The Morgan fingerprint density at radius 3 is 2.62 bits per heavy atom. The van der Waals surface area contributed by atoms with Crippen molar-refractivity contribution in [3.8, 4) is 5.75 Å². The first-order valence-electron chi connectivity index (χ1n) is 9.73. The van der Waals surface area contributed by atoms with Gasteiger partial charge in [0.25, 0.3) is 11.1 Å². The fourth-order valence-corrected chi connectivity index (χ4v) is 4.29. The second-order valence-corrected chi connectivity index (χ2v) is 8.80. The Hall–Kier alpha value is -2.05. The molecule has 6 heteroatoms. The van der Waals surface area contributed by atoms with Crippen LogP contribution in [0.15, 0.2) is 57.9 Å². The van der Waals surface area contributed by atoms with Crippen LogP contribution >= 0.6 is 27.7 Å². The van der Waals surface area contributed by atoms with E-state index < -0.39 is 0 Å². The maximum absolute atomic E-state index is 12.7. The molecule has 1 aliphatic heterocycles. The predicted octanol–water partition coefficient (Wildman–Crippen LogP) is 6.30. The summed E-state index contributed by atoms with van der Waals surface area (Å²) in [6.07, 6.45) is 4.41. The summed E-state index contributed by atoms with van der Waals surface area (Å²) in [5.41, 5.74) is 2.06. The Kier molecular flexibility index (Phi) is 7.56. The van der Waals surface area contributed by atoms with E-state index in [1.807, 2.05) is 43.3 Å². The average molecular weight is 474 g/mol. The molecule has 3 rings (SSSR count). The fraction of sp³-hybridized carbons (Fsp3) is 0.304. The molecule has 1 saturated heterocycles. The lowest BCUT2D eigenvalue weighted by Crippen LogP contribution is -2.29. The van der Waals surface area contributed by atoms with Gasteiger partial charge in [-0.1, -0.05) is 43.3 Å². The minimum atomic E-state index is -0.218. The lowest BCUT2D eigenvalue weighted by molar-refractivity contribution is -0.122. The standard InChI is InChI=1S/C23H24BrNO3S/c1-3-16(2)28-20-12-11-18(14-19(20)24)15-21-22(26)25(23(27)29-21)13-7-10-17-8-5-4-6-9-17/h4-6,8-9,11-12,14-16H,3,7,10,13H2,1-2H3/b21-15+/t16-/m0/s1. The van der Waals surface area contributed by atoms with Gasteiger partial charge in [0.1, 0.15) is 5.75 Å². The number of amides is 2. The molecule has 29 heavy (non-hydrogen) atoms. The third-order valence-electron chi connectivity index (χ3n) is 4.72. The number of rotatable bonds is 8. The molecule has 0 N–H and O–H groups in total. The zero-order valence-electron chi connectivity index (χ0n) is 16.6. The predicted molar refractivity (Wildman–Crippen MR) is 122 cm³/mol. The van der Waals surface area contributed by atoms with E-state index in [1.165, 1.54) is 10.5 Å². The molecular formula is C23H24BrNO3S. The molecule has 0 unspecified atom stereocenters. The van der Waals surface area contributed by atoms with Crippen molar-refractivity contribution in [3.05, 3.63) is 69.0 Å². The minimum Gasteiger partial charge on any atom is -0.490 e. The highest BCUT2D eigenvalue weighted by Gasteiger charge is 2.34. The zero-order chi connectivity index (χ0) is 20.8. The quantitative estimate of drug-likeness (QED) is 0.422. The molecule has 0 spiro atoms. The van der Waals surface area contributed by atoms with Gasteiger partial charge in [0.05, 0.1) is 15.5 Å². The van der Waals surface area contributed by atoms with E-state index in [4.69, 9.17) is 4.74 Å². The van der Waals surface area contributed by atoms with Crippen LogP contribution in [0.4, 0.5) is 4.79 Å². The third kappa shape index (κ3) is 5.73. The number of aryl methyl sites for hydroxylation is 1. The van der Waals surface area contributed by atoms with Crippen molar-refractivity contribution >= 4 is 44.9 Å². The normalized spacial score (nSPS) is 16.5. The van der Waals surface area contributed by atoms with Crippen LogP contribution in [0.1, 0.15) is 37.8 Å². The van der Waals surface area contributed by atoms with Crippen LogP contribution in [0.25, 0.3) is 6.08 Å². The topological polar surface area (TPSA) is 46.6 Å². The van der Waals surface area contributed by atoms with Crippen molar-refractivity contribution in [1.29, 1.82) is 0 Å². The summed E-state index contributed by atoms with van der Waals surface area (Å²) in [7, 11) is 0. The van der Waals surface area contributed by atoms with Crippen molar-refractivity contribution in [1.82, 2.24) is 4.90 Å². The molecule has 0 saturated carbocycles. The molecule has 152 valence electrons. The van der Waals surface area contributed by atoms with Crippen molar-refractivity contribution in [2.75, 3.05) is 6.54 Å². The molecular weight excluding hydrogens is 450 g/mol. The lowest BCUT2D eigenvalue weighted by atomic mass is 10.1. The minimum absolute atomic E-state index is 0.129. The van der Waals surface area contributed by atoms with Crippen molar-refractivity contribution in [3.63, 3.8) is 0 Å². The first kappa shape index (κ1) is 21.7. The van der Waals surface area contributed by atoms with Gasteiger partial charge in [-0.05, 0) is 83.2 Å². The molecule has 1 aliphatic rings. The van der Waals surface area contributed by atoms with Gasteiger partial charge in [0, 0.05) is 6.54 Å². The second kappa shape index (κ2) is 10.1. The number of ether oxygens (including phenoxy) is 1. The summed E-state index contributed by atoms with van der Waals surface area (Å²) in [6.45, 7) is 4.53. The first-order chi connectivity index (χ1) is 14.0. The SMILES string of the molecule is CC[C@H](C)Oc1ccc(/C=C2/SC(=O)N(CCCc3ccccc3)C2=O)cc1Br. The number of benzene rings is 2. The number of hydrogen-bond donors (Lipinski definition) is 0. The number of halogens is 1. The fourth-order valence-electron chi connectivity index (χ4n) is 2.93. The van der Waals surface area contributed by atoms with E-state index in [1.54, 1.807) is 6.08 Å². The van der Waals surface area contributed by atoms with Gasteiger partial charge in [-0.2, -0.15) is 0 Å². The summed E-state index contributed by atoms with van der Waals surface area (Å²) in [4.78, 5) is 26.8. The highest BCUT2D eigenvalue weighted by molar-refractivity contribution is 9.10. The van der Waals surface area contributed by atoms with Crippen molar-refractivity contribution < 1.29 is 14.3 Å². The van der Waals surface area contributed by atoms with Gasteiger partial charge in [0.15, 0.2) is 0 Å². The van der Waals surface area contributed by atoms with Crippen LogP contribution in [-0.4, -0.2) is 28.7 Å². The van der Waals surface area contributed by atoms with E-state index in [-0.39, 0.29) is 17.3 Å². The highest BCUT2D eigenvalue weighted by atomic mass is 79.9. The van der Waals surface area contributed by atoms with E-state index in [0.717, 1.165) is 46.8 Å². The maximum atomic E-state index is 12.7. The molecule has 0 bridgehead atoms. The Morgan fingerprint density at radius 1 is 1.17 bits per heavy atom. The number of imide groups is 1. The van der Waals surface area contributed by atoms with Crippen molar-refractivity contribution in [2.45, 2.75) is 39.2 Å². The monoisotopic (exact) mass is 473 g/mol. The molecule has 1 fully saturated rings. The molecule has 4 nitrogen and oxygen atoms in total. The average Bonchev–Trinajstić information content (AvgIpc) is 2.98. The van der Waals surface area contributed by atoms with Gasteiger partial charge in [-0.25, -0.2) is 0 Å². The first-order valence-corrected chi connectivity index (χ1v) is 11.3. The molecule has 1 heterocycles. The molecule has 0 aliphatic carbocycles. The summed E-state index contributed by atoms with van der Waals surface area (Å²) in [5, 5.41) is -0.204. The number of carbonyl (C=O) groups is 2. The van der Waals surface area contributed by atoms with Crippen LogP contribution in [0, 0.1) is 0 Å². The number of hydrogen-bond acceptors (Lipinski definition) is 4. The third-order valence-corrected chi connectivity index (χ3v) is 6.25. The van der Waals surface area contributed by atoms with E-state index in [0.29, 0.717) is 11.4 Å². The maximum Gasteiger partial charge on any atom is 0.293 e. The van der Waals surface area contributed by atoms with E-state index >= 15 is 0 Å². The Labute approximate surface area is 184 Å². The molecule has 2 amide bonds. The Balaban J connectivity index is 1.64. The number of thioether (sulfide) groups is 1. The van der Waals surface area contributed by atoms with Gasteiger partial charge in [0.2, 0.25) is 0 Å². The van der Waals surface area contributed by atoms with Crippen LogP contribution < -0.4 is 4.74 Å². The molecule has 0 radical (unpaired) electrons. The largest absolute Gasteiger partial charge is 0.490 e.